The van der Waals surface area contributed by atoms with Gasteiger partial charge >= 0.3 is 0 Å². The molecule has 3 saturated heterocycles. The number of likely N-dealkylation sites (tertiary alicyclic amines) is 1. The fourth-order valence-corrected chi connectivity index (χ4v) is 5.08. The predicted octanol–water partition coefficient (Wildman–Crippen LogP) is 2.51. The first-order chi connectivity index (χ1) is 14.4. The monoisotopic (exact) mass is 417 g/mol. The maximum Gasteiger partial charge on any atom is 0.246 e. The average molecular weight is 417 g/mol. The lowest BCUT2D eigenvalue weighted by Gasteiger charge is -2.25. The van der Waals surface area contributed by atoms with Crippen LogP contribution in [0.4, 0.5) is 14.6 Å². The molecule has 3 aliphatic rings. The van der Waals surface area contributed by atoms with Crippen LogP contribution in [0.1, 0.15) is 31.2 Å². The van der Waals surface area contributed by atoms with Gasteiger partial charge in [-0.25, -0.2) is 18.7 Å². The van der Waals surface area contributed by atoms with Crippen molar-refractivity contribution >= 4 is 22.8 Å². The van der Waals surface area contributed by atoms with Crippen LogP contribution in [0.5, 0.6) is 0 Å². The van der Waals surface area contributed by atoms with E-state index in [1.165, 1.54) is 17.3 Å². The third kappa shape index (κ3) is 2.90. The lowest BCUT2D eigenvalue weighted by Crippen LogP contribution is -2.44. The van der Waals surface area contributed by atoms with Crippen LogP contribution in [-0.2, 0) is 9.53 Å². The fourth-order valence-electron chi connectivity index (χ4n) is 5.08. The number of halogens is 2. The number of H-pyrrole nitrogens is 1. The van der Waals surface area contributed by atoms with Gasteiger partial charge in [-0.05, 0) is 37.3 Å². The molecule has 5 heterocycles. The molecule has 0 spiro atoms. The number of anilines is 1. The number of aromatic amines is 1. The lowest BCUT2D eigenvalue weighted by molar-refractivity contribution is -0.125. The SMILES string of the molecule is C/C=C/C(=O)N1C[C@@]2(F)CN(c3ncnc4[nH]cc(C5CCOCC5)c34)C[C@@]2(F)C1. The Morgan fingerprint density at radius 3 is 2.57 bits per heavy atom. The number of hydrogen-bond acceptors (Lipinski definition) is 5. The third-order valence-electron chi connectivity index (χ3n) is 6.63. The zero-order valence-electron chi connectivity index (χ0n) is 16.9. The van der Waals surface area contributed by atoms with E-state index in [0.717, 1.165) is 23.8 Å². The molecule has 2 aromatic heterocycles. The van der Waals surface area contributed by atoms with E-state index in [0.29, 0.717) is 30.6 Å². The van der Waals surface area contributed by atoms with Crippen LogP contribution in [-0.4, -0.2) is 76.5 Å². The highest BCUT2D eigenvalue weighted by Crippen LogP contribution is 2.47. The molecule has 9 heteroatoms. The quantitative estimate of drug-likeness (QED) is 0.777. The highest BCUT2D eigenvalue weighted by Gasteiger charge is 2.66. The van der Waals surface area contributed by atoms with Crippen LogP contribution in [0, 0.1) is 0 Å². The molecule has 1 N–H and O–H groups in total. The van der Waals surface area contributed by atoms with Crippen LogP contribution >= 0.6 is 0 Å². The van der Waals surface area contributed by atoms with Crippen LogP contribution < -0.4 is 4.90 Å². The molecule has 0 unspecified atom stereocenters. The number of carbonyl (C=O) groups is 1. The smallest absolute Gasteiger partial charge is 0.246 e. The van der Waals surface area contributed by atoms with E-state index in [-0.39, 0.29) is 32.1 Å². The van der Waals surface area contributed by atoms with Gasteiger partial charge in [0.2, 0.25) is 5.91 Å². The zero-order valence-corrected chi connectivity index (χ0v) is 16.9. The second kappa shape index (κ2) is 7.01. The van der Waals surface area contributed by atoms with Gasteiger partial charge in [0.15, 0.2) is 11.3 Å². The normalized spacial score (nSPS) is 30.0. The predicted molar refractivity (Wildman–Crippen MR) is 108 cm³/mol. The van der Waals surface area contributed by atoms with E-state index in [2.05, 4.69) is 15.0 Å². The number of ether oxygens (including phenoxy) is 1. The minimum absolute atomic E-state index is 0.145. The first-order valence-electron chi connectivity index (χ1n) is 10.4. The van der Waals surface area contributed by atoms with Crippen molar-refractivity contribution in [2.45, 2.75) is 37.0 Å². The van der Waals surface area contributed by atoms with Crippen LogP contribution in [0.15, 0.2) is 24.7 Å². The molecular formula is C21H25F2N5O2. The Morgan fingerprint density at radius 1 is 1.20 bits per heavy atom. The van der Waals surface area contributed by atoms with Gasteiger partial charge in [0.25, 0.3) is 0 Å². The van der Waals surface area contributed by atoms with E-state index in [1.807, 2.05) is 6.20 Å². The Hall–Kier alpha value is -2.55. The average Bonchev–Trinajstić information content (AvgIpc) is 3.35. The molecule has 0 radical (unpaired) electrons. The number of fused-ring (bicyclic) bond motifs is 2. The Labute approximate surface area is 173 Å². The summed E-state index contributed by atoms with van der Waals surface area (Å²) < 4.78 is 37.0. The van der Waals surface area contributed by atoms with Gasteiger partial charge in [-0.15, -0.1) is 0 Å². The number of amides is 1. The topological polar surface area (TPSA) is 74.4 Å². The van der Waals surface area contributed by atoms with Gasteiger partial charge in [0.1, 0.15) is 17.8 Å². The number of carbonyl (C=O) groups excluding carboxylic acids is 1. The molecule has 0 saturated carbocycles. The zero-order chi connectivity index (χ0) is 20.9. The van der Waals surface area contributed by atoms with Crippen molar-refractivity contribution in [3.8, 4) is 0 Å². The van der Waals surface area contributed by atoms with Gasteiger partial charge in [-0.1, -0.05) is 6.08 Å². The Bertz CT molecular complexity index is 984. The summed E-state index contributed by atoms with van der Waals surface area (Å²) in [6.07, 6.45) is 8.07. The van der Waals surface area contributed by atoms with Gasteiger partial charge in [0.05, 0.1) is 31.6 Å². The van der Waals surface area contributed by atoms with Gasteiger partial charge in [-0.2, -0.15) is 0 Å². The summed E-state index contributed by atoms with van der Waals surface area (Å²) in [7, 11) is 0. The molecule has 5 rings (SSSR count). The summed E-state index contributed by atoms with van der Waals surface area (Å²) >= 11 is 0. The molecular weight excluding hydrogens is 392 g/mol. The molecule has 30 heavy (non-hydrogen) atoms. The van der Waals surface area contributed by atoms with Crippen molar-refractivity contribution < 1.29 is 18.3 Å². The van der Waals surface area contributed by atoms with Gasteiger partial charge < -0.3 is 19.5 Å². The Morgan fingerprint density at radius 2 is 1.90 bits per heavy atom. The number of nitrogens with zero attached hydrogens (tertiary/aromatic N) is 4. The summed E-state index contributed by atoms with van der Waals surface area (Å²) in [5.74, 6) is 0.494. The highest BCUT2D eigenvalue weighted by atomic mass is 19.2. The van der Waals surface area contributed by atoms with Crippen molar-refractivity contribution in [1.82, 2.24) is 19.9 Å². The minimum atomic E-state index is -2.13. The second-order valence-electron chi connectivity index (χ2n) is 8.53. The number of rotatable bonds is 3. The van der Waals surface area contributed by atoms with E-state index < -0.39 is 11.3 Å². The van der Waals surface area contributed by atoms with Crippen molar-refractivity contribution in [2.75, 3.05) is 44.3 Å². The number of hydrogen-bond donors (Lipinski definition) is 1. The minimum Gasteiger partial charge on any atom is -0.381 e. The fraction of sp³-hybridized carbons (Fsp3) is 0.571. The third-order valence-corrected chi connectivity index (χ3v) is 6.63. The molecule has 3 aliphatic heterocycles. The molecule has 7 nitrogen and oxygen atoms in total. The molecule has 0 aromatic carbocycles. The molecule has 0 bridgehead atoms. The molecule has 160 valence electrons. The summed E-state index contributed by atoms with van der Waals surface area (Å²) in [4.78, 5) is 27.0. The molecule has 2 aromatic rings. The van der Waals surface area contributed by atoms with Crippen molar-refractivity contribution in [1.29, 1.82) is 0 Å². The standard InChI is InChI=1S/C21H25F2N5O2/c1-2-3-16(29)27-9-20(22)11-28(12-21(20,23)10-27)19-17-15(14-4-6-30-7-5-14)8-24-18(17)25-13-26-19/h2-3,8,13-14H,4-7,9-12H2,1H3,(H,24,25,26)/b3-2+/t20-,21+. The number of aromatic nitrogens is 3. The summed E-state index contributed by atoms with van der Waals surface area (Å²) in [6.45, 7) is 2.30. The van der Waals surface area contributed by atoms with Crippen molar-refractivity contribution in [2.24, 2.45) is 0 Å². The van der Waals surface area contributed by atoms with Crippen molar-refractivity contribution in [3.05, 3.63) is 30.2 Å². The van der Waals surface area contributed by atoms with E-state index in [1.54, 1.807) is 17.9 Å². The van der Waals surface area contributed by atoms with E-state index in [9.17, 15) is 4.79 Å². The first kappa shape index (κ1) is 19.4. The van der Waals surface area contributed by atoms with Gasteiger partial charge in [-0.3, -0.25) is 4.79 Å². The lowest BCUT2D eigenvalue weighted by atomic mass is 9.92. The maximum absolute atomic E-state index is 15.7. The van der Waals surface area contributed by atoms with Crippen molar-refractivity contribution in [3.63, 3.8) is 0 Å². The van der Waals surface area contributed by atoms with Crippen LogP contribution in [0.3, 0.4) is 0 Å². The van der Waals surface area contributed by atoms with E-state index in [4.69, 9.17) is 4.74 Å². The molecule has 3 fully saturated rings. The molecule has 1 amide bonds. The van der Waals surface area contributed by atoms with Crippen LogP contribution in [0.2, 0.25) is 0 Å². The molecule has 2 atom stereocenters. The number of nitrogens with one attached hydrogen (secondary N) is 1. The maximum atomic E-state index is 15.7. The summed E-state index contributed by atoms with van der Waals surface area (Å²) in [5, 5.41) is 0.832. The van der Waals surface area contributed by atoms with E-state index >= 15 is 8.78 Å². The van der Waals surface area contributed by atoms with Gasteiger partial charge in [0, 0.05) is 19.4 Å². The number of allylic oxidation sites excluding steroid dienone is 1. The Kier molecular flexibility index (Phi) is 4.53. The highest BCUT2D eigenvalue weighted by molar-refractivity contribution is 5.92. The summed E-state index contributed by atoms with van der Waals surface area (Å²) in [6, 6.07) is 0. The second-order valence-corrected chi connectivity index (χ2v) is 8.53. The Balaban J connectivity index is 1.47. The summed E-state index contributed by atoms with van der Waals surface area (Å²) in [5.41, 5.74) is -2.51. The molecule has 0 aliphatic carbocycles. The first-order valence-corrected chi connectivity index (χ1v) is 10.4. The van der Waals surface area contributed by atoms with Crippen LogP contribution in [0.25, 0.3) is 11.0 Å². The number of alkyl halides is 2. The largest absolute Gasteiger partial charge is 0.381 e.